The summed E-state index contributed by atoms with van der Waals surface area (Å²) in [6.07, 6.45) is 3.19. The lowest BCUT2D eigenvalue weighted by Crippen LogP contribution is -1.98. The summed E-state index contributed by atoms with van der Waals surface area (Å²) in [6, 6.07) is 18.2. The Morgan fingerprint density at radius 2 is 1.83 bits per heavy atom. The molecule has 3 rings (SSSR count). The normalized spacial score (nSPS) is 10.6. The van der Waals surface area contributed by atoms with Crippen LogP contribution in [0.5, 0.6) is 0 Å². The third kappa shape index (κ3) is 3.43. The van der Waals surface area contributed by atoms with E-state index in [1.165, 1.54) is 6.08 Å². The average Bonchev–Trinajstić information content (AvgIpc) is 2.60. The standard InChI is InChI=1S/C18H12N4O/c19-22-21-15-9-5-13(6-10-15)7-12-18(23)17-11-8-14-3-1-2-4-16(14)20-17/h1-12H. The largest absolute Gasteiger partial charge is 0.288 e. The molecule has 0 aliphatic rings. The van der Waals surface area contributed by atoms with E-state index < -0.39 is 0 Å². The van der Waals surface area contributed by atoms with Crippen LogP contribution in [-0.2, 0) is 0 Å². The molecule has 23 heavy (non-hydrogen) atoms. The van der Waals surface area contributed by atoms with Gasteiger partial charge in [-0.25, -0.2) is 4.98 Å². The minimum absolute atomic E-state index is 0.158. The van der Waals surface area contributed by atoms with Crippen LogP contribution in [0, 0.1) is 0 Å². The fraction of sp³-hybridized carbons (Fsp3) is 0. The zero-order valence-corrected chi connectivity index (χ0v) is 12.1. The monoisotopic (exact) mass is 300 g/mol. The lowest BCUT2D eigenvalue weighted by molar-refractivity contribution is 0.104. The van der Waals surface area contributed by atoms with Crippen LogP contribution in [0.3, 0.4) is 0 Å². The van der Waals surface area contributed by atoms with E-state index in [4.69, 9.17) is 5.53 Å². The molecule has 0 spiro atoms. The molecular formula is C18H12N4O. The van der Waals surface area contributed by atoms with Crippen molar-refractivity contribution in [2.75, 3.05) is 0 Å². The lowest BCUT2D eigenvalue weighted by atomic mass is 10.1. The lowest BCUT2D eigenvalue weighted by Gasteiger charge is -1.99. The molecule has 5 nitrogen and oxygen atoms in total. The van der Waals surface area contributed by atoms with Gasteiger partial charge in [0.15, 0.2) is 0 Å². The van der Waals surface area contributed by atoms with Gasteiger partial charge in [-0.3, -0.25) is 4.79 Å². The number of aromatic nitrogens is 1. The van der Waals surface area contributed by atoms with E-state index in [0.717, 1.165) is 16.5 Å². The van der Waals surface area contributed by atoms with Crippen LogP contribution in [0.25, 0.3) is 27.4 Å². The summed E-state index contributed by atoms with van der Waals surface area (Å²) in [7, 11) is 0. The summed E-state index contributed by atoms with van der Waals surface area (Å²) in [4.78, 5) is 19.3. The molecule has 1 aromatic heterocycles. The molecule has 0 fully saturated rings. The number of ketones is 1. The Bertz CT molecular complexity index is 939. The molecule has 0 unspecified atom stereocenters. The zero-order valence-electron chi connectivity index (χ0n) is 12.1. The summed E-state index contributed by atoms with van der Waals surface area (Å²) in [5.74, 6) is -0.158. The fourth-order valence-electron chi connectivity index (χ4n) is 2.16. The number of nitrogens with zero attached hydrogens (tertiary/aromatic N) is 4. The molecule has 1 heterocycles. The van der Waals surface area contributed by atoms with E-state index in [0.29, 0.717) is 11.4 Å². The highest BCUT2D eigenvalue weighted by molar-refractivity contribution is 6.06. The minimum Gasteiger partial charge on any atom is -0.288 e. The van der Waals surface area contributed by atoms with E-state index in [2.05, 4.69) is 15.0 Å². The quantitative estimate of drug-likeness (QED) is 0.221. The molecule has 0 radical (unpaired) electrons. The van der Waals surface area contributed by atoms with E-state index >= 15 is 0 Å². The molecule has 0 bridgehead atoms. The van der Waals surface area contributed by atoms with Crippen LogP contribution in [-0.4, -0.2) is 10.8 Å². The summed E-state index contributed by atoms with van der Waals surface area (Å²) >= 11 is 0. The van der Waals surface area contributed by atoms with E-state index in [1.807, 2.05) is 30.3 Å². The van der Waals surface area contributed by atoms with Gasteiger partial charge in [0.1, 0.15) is 5.69 Å². The van der Waals surface area contributed by atoms with Gasteiger partial charge in [-0.15, -0.1) is 0 Å². The molecule has 0 saturated heterocycles. The maximum Gasteiger partial charge on any atom is 0.204 e. The molecule has 110 valence electrons. The maximum atomic E-state index is 12.2. The number of rotatable bonds is 4. The van der Waals surface area contributed by atoms with Crippen molar-refractivity contribution in [3.63, 3.8) is 0 Å². The first-order valence-corrected chi connectivity index (χ1v) is 7.00. The summed E-state index contributed by atoms with van der Waals surface area (Å²) < 4.78 is 0. The Labute approximate surface area is 132 Å². The highest BCUT2D eigenvalue weighted by Gasteiger charge is 2.04. The Kier molecular flexibility index (Phi) is 4.13. The molecule has 2 aromatic carbocycles. The average molecular weight is 300 g/mol. The number of benzene rings is 2. The van der Waals surface area contributed by atoms with Gasteiger partial charge >= 0.3 is 0 Å². The number of hydrogen-bond donors (Lipinski definition) is 0. The number of allylic oxidation sites excluding steroid dienone is 1. The first kappa shape index (κ1) is 14.5. The van der Waals surface area contributed by atoms with Gasteiger partial charge < -0.3 is 0 Å². The molecule has 5 heteroatoms. The summed E-state index contributed by atoms with van der Waals surface area (Å²) in [5.41, 5.74) is 10.9. The zero-order chi connectivity index (χ0) is 16.1. The van der Waals surface area contributed by atoms with Crippen molar-refractivity contribution in [3.8, 4) is 0 Å². The third-order valence-corrected chi connectivity index (χ3v) is 3.33. The van der Waals surface area contributed by atoms with Gasteiger partial charge in [0.2, 0.25) is 5.78 Å². The van der Waals surface area contributed by atoms with Crippen molar-refractivity contribution in [2.45, 2.75) is 0 Å². The molecule has 0 aliphatic carbocycles. The van der Waals surface area contributed by atoms with Crippen LogP contribution in [0.4, 0.5) is 5.69 Å². The van der Waals surface area contributed by atoms with Gasteiger partial charge in [0.25, 0.3) is 0 Å². The summed E-state index contributed by atoms with van der Waals surface area (Å²) in [5, 5.41) is 4.50. The Hall–Kier alpha value is -3.43. The van der Waals surface area contributed by atoms with E-state index in [1.54, 1.807) is 36.4 Å². The molecular weight excluding hydrogens is 288 g/mol. The molecule has 0 N–H and O–H groups in total. The number of para-hydroxylation sites is 1. The summed E-state index contributed by atoms with van der Waals surface area (Å²) in [6.45, 7) is 0. The highest BCUT2D eigenvalue weighted by atomic mass is 16.1. The van der Waals surface area contributed by atoms with Crippen molar-refractivity contribution < 1.29 is 4.79 Å². The predicted octanol–water partition coefficient (Wildman–Crippen LogP) is 5.07. The number of pyridine rings is 1. The number of azide groups is 1. The van der Waals surface area contributed by atoms with Gasteiger partial charge in [0.05, 0.1) is 5.52 Å². The van der Waals surface area contributed by atoms with Crippen LogP contribution < -0.4 is 0 Å². The Balaban J connectivity index is 1.80. The molecule has 0 atom stereocenters. The molecule has 0 saturated carbocycles. The number of fused-ring (bicyclic) bond motifs is 1. The topological polar surface area (TPSA) is 78.7 Å². The van der Waals surface area contributed by atoms with Gasteiger partial charge in [-0.2, -0.15) is 0 Å². The first-order valence-electron chi connectivity index (χ1n) is 7.00. The second-order valence-electron chi connectivity index (χ2n) is 4.87. The van der Waals surface area contributed by atoms with Crippen molar-refractivity contribution in [1.29, 1.82) is 0 Å². The van der Waals surface area contributed by atoms with Crippen LogP contribution in [0.1, 0.15) is 16.1 Å². The fourth-order valence-corrected chi connectivity index (χ4v) is 2.16. The van der Waals surface area contributed by atoms with Crippen LogP contribution in [0.15, 0.2) is 71.9 Å². The second kappa shape index (κ2) is 6.56. The van der Waals surface area contributed by atoms with Crippen LogP contribution >= 0.6 is 0 Å². The minimum atomic E-state index is -0.158. The molecule has 0 amide bonds. The highest BCUT2D eigenvalue weighted by Crippen LogP contribution is 2.15. The maximum absolute atomic E-state index is 12.2. The van der Waals surface area contributed by atoms with Crippen molar-refractivity contribution in [2.24, 2.45) is 5.11 Å². The van der Waals surface area contributed by atoms with Gasteiger partial charge in [-0.1, -0.05) is 59.7 Å². The number of carbonyl (C=O) groups is 1. The first-order chi connectivity index (χ1) is 11.3. The number of hydrogen-bond acceptors (Lipinski definition) is 3. The second-order valence-corrected chi connectivity index (χ2v) is 4.87. The van der Waals surface area contributed by atoms with E-state index in [-0.39, 0.29) is 5.78 Å². The van der Waals surface area contributed by atoms with E-state index in [9.17, 15) is 4.79 Å². The van der Waals surface area contributed by atoms with Crippen molar-refractivity contribution in [1.82, 2.24) is 4.98 Å². The van der Waals surface area contributed by atoms with Crippen LogP contribution in [0.2, 0.25) is 0 Å². The van der Waals surface area contributed by atoms with Crippen molar-refractivity contribution >= 4 is 28.4 Å². The van der Waals surface area contributed by atoms with Crippen molar-refractivity contribution in [3.05, 3.63) is 88.4 Å². The van der Waals surface area contributed by atoms with Gasteiger partial charge in [0, 0.05) is 16.0 Å². The number of carbonyl (C=O) groups excluding carboxylic acids is 1. The Morgan fingerprint density at radius 3 is 2.61 bits per heavy atom. The molecule has 0 aliphatic heterocycles. The Morgan fingerprint density at radius 1 is 1.04 bits per heavy atom. The van der Waals surface area contributed by atoms with Gasteiger partial charge in [-0.05, 0) is 29.3 Å². The smallest absolute Gasteiger partial charge is 0.204 e. The SMILES string of the molecule is [N-]=[N+]=Nc1ccc(C=CC(=O)c2ccc3ccccc3n2)cc1. The predicted molar refractivity (Wildman–Crippen MR) is 90.4 cm³/mol. The third-order valence-electron chi connectivity index (χ3n) is 3.33. The molecule has 3 aromatic rings.